The second kappa shape index (κ2) is 35.0. The molecule has 0 aliphatic rings. The quantitative estimate of drug-likeness (QED) is 0.0784. The molecule has 0 fully saturated rings. The Morgan fingerprint density at radius 3 is 1.33 bits per heavy atom. The summed E-state index contributed by atoms with van der Waals surface area (Å²) < 4.78 is 15.7. The average Bonchev–Trinajstić information content (AvgIpc) is 1.63. The van der Waals surface area contributed by atoms with E-state index in [-0.39, 0.29) is 47.5 Å². The second-order valence-corrected chi connectivity index (χ2v) is 26.6. The highest BCUT2D eigenvalue weighted by Crippen LogP contribution is 2.34. The number of hydrogen-bond donors (Lipinski definition) is 3. The molecular weight excluding hydrogens is 1350 g/mol. The molecule has 14 nitrogen and oxygen atoms in total. The molecule has 3 aromatic heterocycles. The highest BCUT2D eigenvalue weighted by Gasteiger charge is 2.24. The molecular formula is C86H84Cl3N5O9. The van der Waals surface area contributed by atoms with Gasteiger partial charge in [-0.2, -0.15) is 0 Å². The molecule has 3 heterocycles. The molecule has 0 bridgehead atoms. The third kappa shape index (κ3) is 17.9. The summed E-state index contributed by atoms with van der Waals surface area (Å²) in [6.45, 7) is 17.0. The Kier molecular flexibility index (Phi) is 26.0. The van der Waals surface area contributed by atoms with Crippen LogP contribution in [0.1, 0.15) is 120 Å². The van der Waals surface area contributed by atoms with Gasteiger partial charge in [-0.25, -0.2) is 0 Å². The van der Waals surface area contributed by atoms with E-state index >= 15 is 0 Å². The smallest absolute Gasteiger partial charge is 0.262 e. The van der Waals surface area contributed by atoms with Crippen LogP contribution in [0.25, 0.3) is 54.3 Å². The fourth-order valence-electron chi connectivity index (χ4n) is 12.5. The number of ketones is 1. The Morgan fingerprint density at radius 2 is 0.864 bits per heavy atom. The number of Topliss-reactive ketones (excluding diaryl/α,β-unsaturated/α-hetero) is 1. The van der Waals surface area contributed by atoms with Crippen molar-refractivity contribution < 1.29 is 43.3 Å². The van der Waals surface area contributed by atoms with Crippen molar-refractivity contribution in [3.8, 4) is 17.2 Å². The number of methoxy groups -OCH3 is 2. The van der Waals surface area contributed by atoms with E-state index in [1.807, 2.05) is 144 Å². The summed E-state index contributed by atoms with van der Waals surface area (Å²) in [5.74, 6) is 1.64. The van der Waals surface area contributed by atoms with E-state index in [0.717, 1.165) is 131 Å². The van der Waals surface area contributed by atoms with Crippen LogP contribution >= 0.6 is 34.8 Å². The van der Waals surface area contributed by atoms with Crippen LogP contribution in [0.5, 0.6) is 17.2 Å². The topological polar surface area (TPSA) is 180 Å². The monoisotopic (exact) mass is 1440 g/mol. The summed E-state index contributed by atoms with van der Waals surface area (Å²) >= 11 is 17.8. The van der Waals surface area contributed by atoms with Gasteiger partial charge in [0.1, 0.15) is 35.6 Å². The number of nitrogens with zero attached hydrogens (tertiary/aromatic N) is 3. The number of aromatic hydroxyl groups is 1. The molecule has 13 aromatic rings. The van der Waals surface area contributed by atoms with Gasteiger partial charge in [0.2, 0.25) is 0 Å². The summed E-state index contributed by atoms with van der Waals surface area (Å²) in [5.41, 5.74) is 14.9. The summed E-state index contributed by atoms with van der Waals surface area (Å²) in [4.78, 5) is 72.1. The number of ether oxygens (including phenoxy) is 2. The zero-order valence-corrected chi connectivity index (χ0v) is 62.1. The first-order chi connectivity index (χ1) is 49.4. The first-order valence-electron chi connectivity index (χ1n) is 33.7. The third-order valence-electron chi connectivity index (χ3n) is 18.4. The number of benzene rings is 10. The van der Waals surface area contributed by atoms with Crippen LogP contribution in [0.2, 0.25) is 15.1 Å². The molecule has 13 rings (SSSR count). The molecule has 0 aliphatic heterocycles. The summed E-state index contributed by atoms with van der Waals surface area (Å²) in [5, 5.41) is 25.0. The van der Waals surface area contributed by atoms with Crippen molar-refractivity contribution in [1.82, 2.24) is 24.3 Å². The van der Waals surface area contributed by atoms with Crippen LogP contribution in [0.4, 0.5) is 0 Å². The maximum absolute atomic E-state index is 13.1. The Balaban J connectivity index is 0.000000151. The lowest BCUT2D eigenvalue weighted by Gasteiger charge is -2.09. The van der Waals surface area contributed by atoms with E-state index in [1.165, 1.54) is 16.7 Å². The van der Waals surface area contributed by atoms with E-state index in [4.69, 9.17) is 44.3 Å². The van der Waals surface area contributed by atoms with E-state index in [9.17, 15) is 33.9 Å². The van der Waals surface area contributed by atoms with Crippen LogP contribution in [-0.2, 0) is 33.8 Å². The number of aryl methyl sites for hydroxylation is 2. The highest BCUT2D eigenvalue weighted by molar-refractivity contribution is 6.31. The first kappa shape index (κ1) is 76.7. The van der Waals surface area contributed by atoms with Crippen molar-refractivity contribution in [3.05, 3.63) is 288 Å². The second-order valence-electron chi connectivity index (χ2n) is 25.3. The fraction of sp³-hybridized carbons (Fsp3) is 0.209. The maximum atomic E-state index is 13.1. The van der Waals surface area contributed by atoms with Gasteiger partial charge >= 0.3 is 0 Å². The fourth-order valence-corrected chi connectivity index (χ4v) is 12.9. The number of hydrogen-bond acceptors (Lipinski definition) is 11. The summed E-state index contributed by atoms with van der Waals surface area (Å²) in [6, 6.07) is 61.9. The van der Waals surface area contributed by atoms with Crippen molar-refractivity contribution in [2.75, 3.05) is 34.9 Å². The molecule has 2 unspecified atom stereocenters. The van der Waals surface area contributed by atoms with E-state index < -0.39 is 0 Å². The van der Waals surface area contributed by atoms with E-state index in [2.05, 4.69) is 42.7 Å². The number of carbonyl (C=O) groups is 6. The van der Waals surface area contributed by atoms with E-state index in [0.29, 0.717) is 37.5 Å². The minimum absolute atomic E-state index is 0.0197. The molecule has 3 N–H and O–H groups in total. The number of rotatable bonds is 16. The number of halogens is 3. The van der Waals surface area contributed by atoms with Gasteiger partial charge in [0.15, 0.2) is 0 Å². The lowest BCUT2D eigenvalue weighted by molar-refractivity contribution is -0.118. The zero-order valence-electron chi connectivity index (χ0n) is 59.9. The number of phenols is 1. The van der Waals surface area contributed by atoms with Gasteiger partial charge in [-0.3, -0.25) is 32.9 Å². The van der Waals surface area contributed by atoms with Gasteiger partial charge in [0, 0.05) is 89.8 Å². The van der Waals surface area contributed by atoms with Gasteiger partial charge in [-0.1, -0.05) is 120 Å². The number of carbonyl (C=O) groups excluding carboxylic acids is 6. The van der Waals surface area contributed by atoms with E-state index in [1.54, 1.807) is 121 Å². The number of fused-ring (bicyclic) bond motifs is 5. The van der Waals surface area contributed by atoms with Gasteiger partial charge in [-0.05, 0) is 257 Å². The minimum Gasteiger partial charge on any atom is -0.508 e. The minimum atomic E-state index is -0.156. The zero-order chi connectivity index (χ0) is 74.3. The van der Waals surface area contributed by atoms with Gasteiger partial charge < -0.3 is 34.8 Å². The van der Waals surface area contributed by atoms with Crippen molar-refractivity contribution in [2.24, 2.45) is 0 Å². The Labute approximate surface area is 615 Å². The molecule has 0 spiro atoms. The molecule has 10 aromatic carbocycles. The van der Waals surface area contributed by atoms with Crippen molar-refractivity contribution >= 4 is 125 Å². The maximum Gasteiger partial charge on any atom is 0.262 e. The molecule has 0 aliphatic carbocycles. The van der Waals surface area contributed by atoms with Crippen LogP contribution in [0.15, 0.2) is 200 Å². The van der Waals surface area contributed by atoms with Gasteiger partial charge in [0.25, 0.3) is 17.7 Å². The van der Waals surface area contributed by atoms with Crippen molar-refractivity contribution in [3.63, 3.8) is 0 Å². The van der Waals surface area contributed by atoms with Crippen molar-refractivity contribution in [1.29, 1.82) is 0 Å². The Hall–Kier alpha value is -10.5. The largest absolute Gasteiger partial charge is 0.508 e. The first-order valence-corrected chi connectivity index (χ1v) is 34.9. The van der Waals surface area contributed by atoms with Crippen LogP contribution < -0.4 is 20.1 Å². The lowest BCUT2D eigenvalue weighted by atomic mass is 9.95. The van der Waals surface area contributed by atoms with Gasteiger partial charge in [0.05, 0.1) is 30.8 Å². The molecule has 17 heteroatoms. The molecule has 0 amide bonds. The Morgan fingerprint density at radius 1 is 0.466 bits per heavy atom. The molecule has 2 atom stereocenters. The molecule has 0 saturated heterocycles. The van der Waals surface area contributed by atoms with Crippen LogP contribution in [0.3, 0.4) is 0 Å². The lowest BCUT2D eigenvalue weighted by Crippen LogP contribution is -2.15. The van der Waals surface area contributed by atoms with Gasteiger partial charge in [-0.15, -0.1) is 0 Å². The summed E-state index contributed by atoms with van der Waals surface area (Å²) in [7, 11) is 7.10. The standard InChI is InChI=1S/C20H21ClN2O.C19H19ClN2O.C19H16ClNO3.2C14H14O2/c1-13-4-9-19-18(12-13)17(10-11-22-3)14(2)23(19)20(24)15-5-7-16(21)8-6-15;1-12-4-9-18-16(10-12)17(11-21-3)13(2)22(18)19(23)14-5-7-15(20)8-6-14;1-12-16(9-10-22)17-11-15(24-2)7-8-18(17)21(12)19(23)13-3-5-14(20)6-4-13;1-10(9-15)11-3-4-13-8-14(16-2)6-5-12(13)7-11;1-9(10(2)15)11-3-4-13-8-14(16)6-5-12(13)7-11/h4-9,12,22H,10-11H2,1-3H3;4-10,21H,11H2,1-3H3;3-8,10-11H,9H2,1-2H3;3-10H,1-2H3;3-9,16H,1-2H3. The summed E-state index contributed by atoms with van der Waals surface area (Å²) in [6.07, 6.45) is 2.95. The highest BCUT2D eigenvalue weighted by atomic mass is 35.5. The molecule has 103 heavy (non-hydrogen) atoms. The predicted molar refractivity (Wildman–Crippen MR) is 419 cm³/mol. The van der Waals surface area contributed by atoms with Crippen LogP contribution in [-0.4, -0.2) is 89.7 Å². The number of nitrogens with one attached hydrogen (secondary N) is 2. The van der Waals surface area contributed by atoms with Crippen molar-refractivity contribution in [2.45, 2.75) is 86.6 Å². The number of aromatic nitrogens is 3. The number of phenolic OH excluding ortho intramolecular Hbond substituents is 1. The molecule has 0 radical (unpaired) electrons. The van der Waals surface area contributed by atoms with Crippen LogP contribution in [0, 0.1) is 34.6 Å². The average molecular weight is 1440 g/mol. The number of aldehydes is 2. The molecule has 528 valence electrons. The Bertz CT molecular complexity index is 5270. The SMILES string of the molecule is CC(=O)C(C)c1ccc2cc(O)ccc2c1.CNCCc1c(C)n(C(=O)c2ccc(Cl)cc2)c2ccc(C)cc12.CNCc1c(C)n(C(=O)c2ccc(Cl)cc2)c2ccc(C)cc12.COc1ccc2c(c1)c(CC=O)c(C)n2C(=O)c1ccc(Cl)cc1.COc1ccc2cc(C(C)C=O)ccc2c1. The molecule has 0 saturated carbocycles. The predicted octanol–water partition coefficient (Wildman–Crippen LogP) is 19.1. The third-order valence-corrected chi connectivity index (χ3v) is 19.2. The number of likely N-dealkylation sites (N-methyl/N-ethyl adjacent to an activating group) is 1. The normalized spacial score (nSPS) is 11.5.